The van der Waals surface area contributed by atoms with Gasteiger partial charge in [0.05, 0.1) is 5.56 Å². The van der Waals surface area contributed by atoms with Crippen LogP contribution in [0.2, 0.25) is 0 Å². The normalized spacial score (nSPS) is 24.7. The maximum absolute atomic E-state index is 13.5. The molecule has 2 nitrogen and oxygen atoms in total. The summed E-state index contributed by atoms with van der Waals surface area (Å²) in [5.74, 6) is -0.681. The summed E-state index contributed by atoms with van der Waals surface area (Å²) < 4.78 is 14.2. The Bertz CT molecular complexity index is 421. The molecule has 0 bridgehead atoms. The average Bonchev–Trinajstić information content (AvgIpc) is 2.67. The lowest BCUT2D eigenvalue weighted by molar-refractivity contribution is 0.0917. The van der Waals surface area contributed by atoms with E-state index < -0.39 is 5.82 Å². The molecule has 2 rings (SSSR count). The maximum Gasteiger partial charge on any atom is 0.168 e. The fourth-order valence-electron chi connectivity index (χ4n) is 2.16. The second-order valence-electron chi connectivity index (χ2n) is 4.26. The first kappa shape index (κ1) is 11.7. The number of Topliss-reactive ketones (excluding diaryl/α,β-unsaturated/α-hetero) is 1. The number of hydrogen-bond acceptors (Lipinski definition) is 2. The Morgan fingerprint density at radius 2 is 2.19 bits per heavy atom. The summed E-state index contributed by atoms with van der Waals surface area (Å²) in [7, 11) is 0. The molecule has 0 heterocycles. The monoisotopic (exact) mass is 285 g/mol. The van der Waals surface area contributed by atoms with Gasteiger partial charge in [-0.2, -0.15) is 0 Å². The number of benzene rings is 1. The van der Waals surface area contributed by atoms with Gasteiger partial charge in [-0.3, -0.25) is 4.79 Å². The van der Waals surface area contributed by atoms with Gasteiger partial charge in [-0.1, -0.05) is 15.9 Å². The molecule has 0 aliphatic heterocycles. The van der Waals surface area contributed by atoms with E-state index in [9.17, 15) is 9.18 Å². The number of rotatable bonds is 2. The molecule has 1 aromatic rings. The molecule has 2 unspecified atom stereocenters. The summed E-state index contributed by atoms with van der Waals surface area (Å²) >= 11 is 3.24. The molecule has 2 atom stereocenters. The van der Waals surface area contributed by atoms with Gasteiger partial charge in [-0.15, -0.1) is 0 Å². The number of carbonyl (C=O) groups is 1. The second kappa shape index (κ2) is 4.63. The van der Waals surface area contributed by atoms with E-state index in [0.29, 0.717) is 6.42 Å². The summed E-state index contributed by atoms with van der Waals surface area (Å²) in [6, 6.07) is 4.53. The average molecular weight is 286 g/mol. The van der Waals surface area contributed by atoms with Gasteiger partial charge >= 0.3 is 0 Å². The maximum atomic E-state index is 13.5. The third-order valence-corrected chi connectivity index (χ3v) is 3.53. The Balaban J connectivity index is 2.23. The Labute approximate surface area is 102 Å². The molecule has 0 spiro atoms. The highest BCUT2D eigenvalue weighted by atomic mass is 79.9. The summed E-state index contributed by atoms with van der Waals surface area (Å²) in [4.78, 5) is 12.0. The van der Waals surface area contributed by atoms with Crippen molar-refractivity contribution in [1.82, 2.24) is 0 Å². The molecule has 86 valence electrons. The fourth-order valence-corrected chi connectivity index (χ4v) is 2.52. The first-order chi connectivity index (χ1) is 7.58. The van der Waals surface area contributed by atoms with Gasteiger partial charge in [0.15, 0.2) is 5.78 Å². The van der Waals surface area contributed by atoms with Crippen molar-refractivity contribution in [2.24, 2.45) is 11.7 Å². The van der Waals surface area contributed by atoms with Crippen LogP contribution in [0.5, 0.6) is 0 Å². The van der Waals surface area contributed by atoms with E-state index in [0.717, 1.165) is 17.3 Å². The summed E-state index contributed by atoms with van der Waals surface area (Å²) in [6.45, 7) is 0. The zero-order chi connectivity index (χ0) is 11.7. The van der Waals surface area contributed by atoms with Crippen LogP contribution in [-0.4, -0.2) is 11.8 Å². The lowest BCUT2D eigenvalue weighted by Gasteiger charge is -2.09. The van der Waals surface area contributed by atoms with E-state index in [-0.39, 0.29) is 23.3 Å². The van der Waals surface area contributed by atoms with Crippen molar-refractivity contribution in [1.29, 1.82) is 0 Å². The Morgan fingerprint density at radius 1 is 1.44 bits per heavy atom. The van der Waals surface area contributed by atoms with E-state index in [4.69, 9.17) is 5.73 Å². The lowest BCUT2D eigenvalue weighted by Crippen LogP contribution is -2.18. The van der Waals surface area contributed by atoms with Crippen LogP contribution in [-0.2, 0) is 0 Å². The topological polar surface area (TPSA) is 43.1 Å². The van der Waals surface area contributed by atoms with Crippen molar-refractivity contribution in [2.45, 2.75) is 25.3 Å². The van der Waals surface area contributed by atoms with Gasteiger partial charge in [0.2, 0.25) is 0 Å². The van der Waals surface area contributed by atoms with Gasteiger partial charge in [-0.05, 0) is 37.5 Å². The van der Waals surface area contributed by atoms with Gasteiger partial charge in [0.25, 0.3) is 0 Å². The van der Waals surface area contributed by atoms with E-state index >= 15 is 0 Å². The van der Waals surface area contributed by atoms with Crippen LogP contribution in [0.3, 0.4) is 0 Å². The smallest absolute Gasteiger partial charge is 0.168 e. The summed E-state index contributed by atoms with van der Waals surface area (Å²) in [5.41, 5.74) is 5.93. The number of ketones is 1. The molecule has 0 radical (unpaired) electrons. The Morgan fingerprint density at radius 3 is 2.81 bits per heavy atom. The predicted octanol–water partition coefficient (Wildman–Crippen LogP) is 2.90. The molecule has 2 N–H and O–H groups in total. The largest absolute Gasteiger partial charge is 0.328 e. The standard InChI is InChI=1S/C12H13BrFNO/c13-8-2-4-11(14)10(6-8)12(16)7-1-3-9(15)5-7/h2,4,6-7,9H,1,3,5,15H2. The van der Waals surface area contributed by atoms with Crippen molar-refractivity contribution in [3.05, 3.63) is 34.1 Å². The first-order valence-electron chi connectivity index (χ1n) is 5.33. The first-order valence-corrected chi connectivity index (χ1v) is 6.12. The van der Waals surface area contributed by atoms with E-state index in [1.54, 1.807) is 12.1 Å². The Kier molecular flexibility index (Phi) is 3.40. The zero-order valence-corrected chi connectivity index (χ0v) is 10.3. The number of halogens is 2. The van der Waals surface area contributed by atoms with Crippen LogP contribution in [0.4, 0.5) is 4.39 Å². The second-order valence-corrected chi connectivity index (χ2v) is 5.17. The van der Waals surface area contributed by atoms with Crippen molar-refractivity contribution < 1.29 is 9.18 Å². The van der Waals surface area contributed by atoms with Crippen LogP contribution in [0.1, 0.15) is 29.6 Å². The van der Waals surface area contributed by atoms with E-state index in [1.807, 2.05) is 0 Å². The molecule has 4 heteroatoms. The minimum Gasteiger partial charge on any atom is -0.328 e. The van der Waals surface area contributed by atoms with Crippen LogP contribution >= 0.6 is 15.9 Å². The molecule has 1 aromatic carbocycles. The minimum atomic E-state index is -0.450. The molecule has 0 amide bonds. The number of carbonyl (C=O) groups excluding carboxylic acids is 1. The van der Waals surface area contributed by atoms with Gasteiger partial charge in [-0.25, -0.2) is 4.39 Å². The predicted molar refractivity (Wildman–Crippen MR) is 63.7 cm³/mol. The summed E-state index contributed by atoms with van der Waals surface area (Å²) in [5, 5.41) is 0. The fraction of sp³-hybridized carbons (Fsp3) is 0.417. The van der Waals surface area contributed by atoms with E-state index in [1.165, 1.54) is 6.07 Å². The Hall–Kier alpha value is -0.740. The molecule has 1 fully saturated rings. The molecule has 1 aliphatic carbocycles. The molecule has 1 saturated carbocycles. The van der Waals surface area contributed by atoms with Crippen LogP contribution in [0, 0.1) is 11.7 Å². The van der Waals surface area contributed by atoms with E-state index in [2.05, 4.69) is 15.9 Å². The highest BCUT2D eigenvalue weighted by Gasteiger charge is 2.29. The van der Waals surface area contributed by atoms with Gasteiger partial charge in [0, 0.05) is 16.4 Å². The van der Waals surface area contributed by atoms with Crippen molar-refractivity contribution in [2.75, 3.05) is 0 Å². The van der Waals surface area contributed by atoms with Crippen LogP contribution in [0.25, 0.3) is 0 Å². The number of hydrogen-bond donors (Lipinski definition) is 1. The highest BCUT2D eigenvalue weighted by Crippen LogP contribution is 2.29. The molecule has 0 saturated heterocycles. The van der Waals surface area contributed by atoms with Crippen molar-refractivity contribution in [3.63, 3.8) is 0 Å². The minimum absolute atomic E-state index is 0.0872. The molecular formula is C12H13BrFNO. The summed E-state index contributed by atoms with van der Waals surface area (Å²) in [6.07, 6.45) is 2.29. The van der Waals surface area contributed by atoms with Crippen molar-refractivity contribution in [3.8, 4) is 0 Å². The third kappa shape index (κ3) is 2.33. The van der Waals surface area contributed by atoms with Crippen LogP contribution < -0.4 is 5.73 Å². The molecule has 1 aliphatic rings. The van der Waals surface area contributed by atoms with Crippen LogP contribution in [0.15, 0.2) is 22.7 Å². The highest BCUT2D eigenvalue weighted by molar-refractivity contribution is 9.10. The SMILES string of the molecule is NC1CCC(C(=O)c2cc(Br)ccc2F)C1. The molecule has 16 heavy (non-hydrogen) atoms. The number of nitrogens with two attached hydrogens (primary N) is 1. The third-order valence-electron chi connectivity index (χ3n) is 3.04. The zero-order valence-electron chi connectivity index (χ0n) is 8.75. The van der Waals surface area contributed by atoms with Crippen molar-refractivity contribution >= 4 is 21.7 Å². The lowest BCUT2D eigenvalue weighted by atomic mass is 9.96. The van der Waals surface area contributed by atoms with Gasteiger partial charge in [0.1, 0.15) is 5.82 Å². The molecule has 0 aromatic heterocycles. The van der Waals surface area contributed by atoms with Gasteiger partial charge < -0.3 is 5.73 Å². The quantitative estimate of drug-likeness (QED) is 0.849. The molecular weight excluding hydrogens is 273 g/mol.